The first-order valence-electron chi connectivity index (χ1n) is 7.90. The van der Waals surface area contributed by atoms with E-state index in [1.165, 1.54) is 0 Å². The Kier molecular flexibility index (Phi) is 6.38. The van der Waals surface area contributed by atoms with Crippen LogP contribution in [-0.4, -0.2) is 23.6 Å². The monoisotopic (exact) mass is 370 g/mol. The highest BCUT2D eigenvalue weighted by atomic mass is 35.5. The van der Waals surface area contributed by atoms with Crippen LogP contribution in [0.15, 0.2) is 18.2 Å². The zero-order chi connectivity index (χ0) is 18.4. The molecule has 134 valence electrons. The molecule has 2 N–H and O–H groups in total. The minimum absolute atomic E-state index is 0.00983. The van der Waals surface area contributed by atoms with E-state index >= 15 is 0 Å². The summed E-state index contributed by atoms with van der Waals surface area (Å²) in [4.78, 5) is 14.1. The Morgan fingerprint density at radius 2 is 2.04 bits per heavy atom. The van der Waals surface area contributed by atoms with E-state index in [-0.39, 0.29) is 6.54 Å². The van der Waals surface area contributed by atoms with Gasteiger partial charge in [-0.15, -0.1) is 12.3 Å². The fourth-order valence-electron chi connectivity index (χ4n) is 2.70. The number of hydrogen-bond acceptors (Lipinski definition) is 1. The number of fused-ring (bicyclic) bond motifs is 1. The molecule has 0 saturated carbocycles. The summed E-state index contributed by atoms with van der Waals surface area (Å²) < 4.78 is 36.3. The number of rotatable bonds is 7. The molecule has 7 heteroatoms. The maximum absolute atomic E-state index is 12.1. The zero-order valence-corrected chi connectivity index (χ0v) is 14.2. The van der Waals surface area contributed by atoms with E-state index in [0.717, 1.165) is 22.2 Å². The molecule has 1 heterocycles. The van der Waals surface area contributed by atoms with Crippen LogP contribution in [0.5, 0.6) is 0 Å². The van der Waals surface area contributed by atoms with Crippen molar-refractivity contribution in [1.29, 1.82) is 0 Å². The van der Waals surface area contributed by atoms with Crippen LogP contribution < -0.4 is 5.32 Å². The van der Waals surface area contributed by atoms with Crippen LogP contribution in [0, 0.1) is 12.3 Å². The third-order valence-electron chi connectivity index (χ3n) is 3.87. The lowest BCUT2D eigenvalue weighted by Crippen LogP contribution is -2.37. The Balaban J connectivity index is 1.98. The summed E-state index contributed by atoms with van der Waals surface area (Å²) in [5.41, 5.74) is 3.06. The molecule has 0 spiro atoms. The Morgan fingerprint density at radius 1 is 1.28 bits per heavy atom. The third kappa shape index (κ3) is 5.17. The van der Waals surface area contributed by atoms with E-state index in [0.29, 0.717) is 37.1 Å². The summed E-state index contributed by atoms with van der Waals surface area (Å²) in [6, 6.07) is 5.57. The molecule has 0 radical (unpaired) electrons. The summed E-state index contributed by atoms with van der Waals surface area (Å²) in [5.74, 6) is 0.714. The first-order chi connectivity index (χ1) is 11.8. The lowest BCUT2D eigenvalue weighted by molar-refractivity contribution is -0.173. The highest BCUT2D eigenvalue weighted by Gasteiger charge is 2.38. The smallest absolute Gasteiger partial charge is 0.358 e. The van der Waals surface area contributed by atoms with Crippen LogP contribution in [0.3, 0.4) is 0 Å². The van der Waals surface area contributed by atoms with Crippen molar-refractivity contribution in [2.24, 2.45) is 0 Å². The number of aryl methyl sites for hydroxylation is 2. The van der Waals surface area contributed by atoms with Crippen LogP contribution in [0.4, 0.5) is 13.2 Å². The van der Waals surface area contributed by atoms with E-state index in [9.17, 15) is 18.0 Å². The van der Waals surface area contributed by atoms with Gasteiger partial charge in [-0.3, -0.25) is 4.79 Å². The maximum atomic E-state index is 12.1. The van der Waals surface area contributed by atoms with E-state index in [1.807, 2.05) is 17.4 Å². The van der Waals surface area contributed by atoms with Crippen molar-refractivity contribution in [3.8, 4) is 12.3 Å². The Hall–Kier alpha value is -2.13. The van der Waals surface area contributed by atoms with Crippen LogP contribution in [0.1, 0.15) is 30.5 Å². The molecule has 0 aliphatic carbocycles. The van der Waals surface area contributed by atoms with E-state index in [4.69, 9.17) is 18.0 Å². The van der Waals surface area contributed by atoms with Gasteiger partial charge in [-0.1, -0.05) is 11.6 Å². The number of aromatic amines is 1. The zero-order valence-electron chi connectivity index (χ0n) is 13.5. The maximum Gasteiger partial charge on any atom is 0.471 e. The molecule has 2 aromatic rings. The highest BCUT2D eigenvalue weighted by Crippen LogP contribution is 2.27. The summed E-state index contributed by atoms with van der Waals surface area (Å²) >= 11 is 6.06. The van der Waals surface area contributed by atoms with Gasteiger partial charge in [0.25, 0.3) is 0 Å². The minimum atomic E-state index is -4.83. The fraction of sp³-hybridized carbons (Fsp3) is 0.389. The van der Waals surface area contributed by atoms with Gasteiger partial charge in [0.05, 0.1) is 0 Å². The topological polar surface area (TPSA) is 44.9 Å². The minimum Gasteiger partial charge on any atom is -0.358 e. The number of unbranched alkanes of at least 4 members (excludes halogenated alkanes) is 1. The molecular weight excluding hydrogens is 353 g/mol. The van der Waals surface area contributed by atoms with Gasteiger partial charge in [0, 0.05) is 34.6 Å². The number of halogens is 4. The Labute approximate surface area is 148 Å². The van der Waals surface area contributed by atoms with Gasteiger partial charge in [0.1, 0.15) is 0 Å². The van der Waals surface area contributed by atoms with Gasteiger partial charge in [0.15, 0.2) is 0 Å². The molecule has 25 heavy (non-hydrogen) atoms. The van der Waals surface area contributed by atoms with E-state index < -0.39 is 12.1 Å². The molecule has 0 aliphatic heterocycles. The first kappa shape index (κ1) is 19.2. The molecule has 1 aromatic carbocycles. The van der Waals surface area contributed by atoms with Crippen molar-refractivity contribution in [3.05, 3.63) is 34.5 Å². The van der Waals surface area contributed by atoms with Gasteiger partial charge in [-0.2, -0.15) is 13.2 Å². The fourth-order valence-corrected chi connectivity index (χ4v) is 2.87. The van der Waals surface area contributed by atoms with Crippen molar-refractivity contribution in [2.75, 3.05) is 6.54 Å². The lowest BCUT2D eigenvalue weighted by atomic mass is 10.0. The van der Waals surface area contributed by atoms with E-state index in [1.54, 1.807) is 6.07 Å². The lowest BCUT2D eigenvalue weighted by Gasteiger charge is -2.08. The average Bonchev–Trinajstić information content (AvgIpc) is 2.88. The van der Waals surface area contributed by atoms with Gasteiger partial charge in [-0.05, 0) is 49.4 Å². The van der Waals surface area contributed by atoms with Crippen molar-refractivity contribution in [1.82, 2.24) is 10.3 Å². The Morgan fingerprint density at radius 3 is 2.72 bits per heavy atom. The average molecular weight is 371 g/mol. The summed E-state index contributed by atoms with van der Waals surface area (Å²) in [5, 5.41) is 3.52. The van der Waals surface area contributed by atoms with Crippen LogP contribution in [0.2, 0.25) is 5.02 Å². The quantitative estimate of drug-likeness (QED) is 0.551. The second-order valence-corrected chi connectivity index (χ2v) is 6.12. The second-order valence-electron chi connectivity index (χ2n) is 5.69. The van der Waals surface area contributed by atoms with E-state index in [2.05, 4.69) is 10.9 Å². The number of alkyl halides is 3. The molecule has 0 aliphatic rings. The largest absolute Gasteiger partial charge is 0.471 e. The van der Waals surface area contributed by atoms with Gasteiger partial charge in [-0.25, -0.2) is 0 Å². The number of H-pyrrole nitrogens is 1. The first-order valence-corrected chi connectivity index (χ1v) is 8.28. The third-order valence-corrected chi connectivity index (χ3v) is 4.11. The number of carbonyl (C=O) groups is 1. The van der Waals surface area contributed by atoms with Crippen molar-refractivity contribution in [3.63, 3.8) is 0 Å². The molecule has 0 atom stereocenters. The van der Waals surface area contributed by atoms with Crippen LogP contribution in [-0.2, 0) is 17.6 Å². The summed E-state index contributed by atoms with van der Waals surface area (Å²) in [6.07, 6.45) is 3.57. The normalized spacial score (nSPS) is 11.5. The highest BCUT2D eigenvalue weighted by molar-refractivity contribution is 6.31. The van der Waals surface area contributed by atoms with Gasteiger partial charge in [0.2, 0.25) is 0 Å². The van der Waals surface area contributed by atoms with Crippen molar-refractivity contribution < 1.29 is 18.0 Å². The molecule has 0 fully saturated rings. The molecule has 1 aromatic heterocycles. The predicted octanol–water partition coefficient (Wildman–Crippen LogP) is 4.39. The SMILES string of the molecule is C#CCCc1c(CCCCNC(=O)C(F)(F)F)[nH]c2ccc(Cl)cc12. The number of terminal acetylenes is 1. The predicted molar refractivity (Wildman–Crippen MR) is 92.5 cm³/mol. The number of amides is 1. The van der Waals surface area contributed by atoms with Crippen molar-refractivity contribution >= 4 is 28.4 Å². The molecule has 2 rings (SSSR count). The number of hydrogen-bond donors (Lipinski definition) is 2. The van der Waals surface area contributed by atoms with Gasteiger partial charge >= 0.3 is 12.1 Å². The second kappa shape index (κ2) is 8.30. The Bertz CT molecular complexity index is 790. The summed E-state index contributed by atoms with van der Waals surface area (Å²) in [7, 11) is 0. The number of benzene rings is 1. The molecule has 0 bridgehead atoms. The molecule has 0 saturated heterocycles. The standard InChI is InChI=1S/C18H18ClF3N2O/c1-2-3-6-13-14-11-12(19)8-9-16(14)24-15(13)7-4-5-10-23-17(25)18(20,21)22/h1,8-9,11,24H,3-7,10H2,(H,23,25). The number of nitrogens with one attached hydrogen (secondary N) is 2. The molecular formula is C18H18ClF3N2O. The molecule has 1 amide bonds. The van der Waals surface area contributed by atoms with Gasteiger partial charge < -0.3 is 10.3 Å². The van der Waals surface area contributed by atoms with Crippen LogP contribution >= 0.6 is 11.6 Å². The summed E-state index contributed by atoms with van der Waals surface area (Å²) in [6.45, 7) is -0.00983. The van der Waals surface area contributed by atoms with Crippen molar-refractivity contribution in [2.45, 2.75) is 38.3 Å². The number of carbonyl (C=O) groups excluding carboxylic acids is 1. The number of aromatic nitrogens is 1. The molecule has 3 nitrogen and oxygen atoms in total. The molecule has 0 unspecified atom stereocenters. The van der Waals surface area contributed by atoms with Crippen LogP contribution in [0.25, 0.3) is 10.9 Å².